The number of imidazole rings is 1. The fourth-order valence-electron chi connectivity index (χ4n) is 5.21. The van der Waals surface area contributed by atoms with Gasteiger partial charge in [0, 0.05) is 18.1 Å². The number of hydrogen-bond acceptors (Lipinski definition) is 3. The molecule has 2 aromatic carbocycles. The van der Waals surface area contributed by atoms with Crippen LogP contribution in [0.25, 0.3) is 16.6 Å². The van der Waals surface area contributed by atoms with E-state index in [2.05, 4.69) is 59.1 Å². The highest BCUT2D eigenvalue weighted by atomic mass is 35.5. The summed E-state index contributed by atoms with van der Waals surface area (Å²) in [7, 11) is 0. The van der Waals surface area contributed by atoms with Crippen molar-refractivity contribution in [3.05, 3.63) is 70.5 Å². The Morgan fingerprint density at radius 2 is 2.09 bits per heavy atom. The lowest BCUT2D eigenvalue weighted by Crippen LogP contribution is -2.49. The molecule has 2 atom stereocenters. The third-order valence-corrected chi connectivity index (χ3v) is 7.41. The smallest absolute Gasteiger partial charge is 0.239 e. The topological polar surface area (TPSA) is 50.2 Å². The number of nitrogens with one attached hydrogen (secondary N) is 1. The van der Waals surface area contributed by atoms with E-state index in [1.165, 1.54) is 28.7 Å². The first-order valence-corrected chi connectivity index (χ1v) is 12.3. The monoisotopic (exact) mass is 462 g/mol. The molecule has 0 saturated carbocycles. The Morgan fingerprint density at radius 1 is 1.21 bits per heavy atom. The van der Waals surface area contributed by atoms with Crippen LogP contribution in [0.3, 0.4) is 0 Å². The lowest BCUT2D eigenvalue weighted by Gasteiger charge is -2.32. The van der Waals surface area contributed by atoms with Gasteiger partial charge in [0.1, 0.15) is 0 Å². The van der Waals surface area contributed by atoms with Crippen molar-refractivity contribution in [2.24, 2.45) is 0 Å². The van der Waals surface area contributed by atoms with Crippen LogP contribution >= 0.6 is 11.6 Å². The van der Waals surface area contributed by atoms with Crippen molar-refractivity contribution in [1.82, 2.24) is 19.8 Å². The average molecular weight is 463 g/mol. The maximum atomic E-state index is 12.9. The number of hydrogen-bond donors (Lipinski definition) is 1. The van der Waals surface area contributed by atoms with E-state index >= 15 is 0 Å². The molecule has 5 nitrogen and oxygen atoms in total. The second-order valence-corrected chi connectivity index (χ2v) is 9.73. The number of fused-ring (bicyclic) bond motifs is 1. The number of carbonyl (C=O) groups excluding carboxylic acids is 1. The number of benzene rings is 2. The molecule has 0 bridgehead atoms. The van der Waals surface area contributed by atoms with Gasteiger partial charge in [-0.2, -0.15) is 0 Å². The van der Waals surface area contributed by atoms with Crippen molar-refractivity contribution in [1.29, 1.82) is 0 Å². The minimum absolute atomic E-state index is 0.00258. The van der Waals surface area contributed by atoms with Crippen LogP contribution in [0.4, 0.5) is 0 Å². The first kappa shape index (κ1) is 22.2. The number of carbonyl (C=O) groups is 1. The summed E-state index contributed by atoms with van der Waals surface area (Å²) in [5.41, 5.74) is 7.06. The molecule has 0 radical (unpaired) electrons. The third-order valence-electron chi connectivity index (χ3n) is 7.17. The zero-order valence-corrected chi connectivity index (χ0v) is 20.1. The summed E-state index contributed by atoms with van der Waals surface area (Å²) in [6, 6.07) is 12.7. The maximum Gasteiger partial charge on any atom is 0.239 e. The molecular weight excluding hydrogens is 432 g/mol. The Morgan fingerprint density at radius 3 is 2.82 bits per heavy atom. The lowest BCUT2D eigenvalue weighted by molar-refractivity contribution is -0.133. The van der Waals surface area contributed by atoms with Crippen LogP contribution in [0.5, 0.6) is 0 Å². The van der Waals surface area contributed by atoms with Crippen molar-refractivity contribution in [2.45, 2.75) is 51.6 Å². The number of rotatable bonds is 4. The molecule has 1 unspecified atom stereocenters. The molecular formula is C27H31ClN4O. The van der Waals surface area contributed by atoms with Gasteiger partial charge in [-0.15, -0.1) is 0 Å². The zero-order valence-electron chi connectivity index (χ0n) is 19.4. The highest BCUT2D eigenvalue weighted by Gasteiger charge is 2.27. The van der Waals surface area contributed by atoms with Gasteiger partial charge >= 0.3 is 0 Å². The van der Waals surface area contributed by atoms with Gasteiger partial charge in [0.05, 0.1) is 29.4 Å². The molecule has 1 fully saturated rings. The van der Waals surface area contributed by atoms with E-state index in [0.717, 1.165) is 48.4 Å². The van der Waals surface area contributed by atoms with Crippen molar-refractivity contribution < 1.29 is 4.79 Å². The van der Waals surface area contributed by atoms with Gasteiger partial charge in [0.2, 0.25) is 5.91 Å². The molecule has 172 valence electrons. The molecule has 3 heterocycles. The van der Waals surface area contributed by atoms with Crippen molar-refractivity contribution in [2.75, 3.05) is 19.6 Å². The van der Waals surface area contributed by atoms with Crippen LogP contribution < -0.4 is 5.32 Å². The Kier molecular flexibility index (Phi) is 6.26. The molecule has 1 saturated heterocycles. The standard InChI is InChI=1S/C27H31ClN4O/c1-18-15-22(28)7-8-23(18)19(2)32-17-30-24-9-6-21(16-26(24)32)20-10-13-31(14-11-20)27(33)25-5-3-4-12-29-25/h6-10,15-17,19,25,29H,3-5,11-14H2,1-2H3/t19-,25?/m1/s1. The normalized spacial score (nSPS) is 20.0. The quantitative estimate of drug-likeness (QED) is 0.567. The third kappa shape index (κ3) is 4.44. The van der Waals surface area contributed by atoms with Crippen LogP contribution in [-0.4, -0.2) is 46.0 Å². The predicted octanol–water partition coefficient (Wildman–Crippen LogP) is 5.37. The fraction of sp³-hybridized carbons (Fsp3) is 0.407. The minimum atomic E-state index is -0.00258. The number of aromatic nitrogens is 2. The molecule has 3 aromatic rings. The molecule has 1 N–H and O–H groups in total. The summed E-state index contributed by atoms with van der Waals surface area (Å²) in [4.78, 5) is 19.5. The number of nitrogens with zero attached hydrogens (tertiary/aromatic N) is 3. The lowest BCUT2D eigenvalue weighted by atomic mass is 9.97. The van der Waals surface area contributed by atoms with E-state index in [-0.39, 0.29) is 18.0 Å². The van der Waals surface area contributed by atoms with Gasteiger partial charge in [-0.3, -0.25) is 4.79 Å². The van der Waals surface area contributed by atoms with E-state index in [9.17, 15) is 4.79 Å². The predicted molar refractivity (Wildman–Crippen MR) is 135 cm³/mol. The van der Waals surface area contributed by atoms with Crippen molar-refractivity contribution in [3.8, 4) is 0 Å². The summed E-state index contributed by atoms with van der Waals surface area (Å²) in [6.07, 6.45) is 8.30. The fourth-order valence-corrected chi connectivity index (χ4v) is 5.43. The van der Waals surface area contributed by atoms with Crippen LogP contribution in [0.2, 0.25) is 5.02 Å². The second kappa shape index (κ2) is 9.32. The van der Waals surface area contributed by atoms with Crippen LogP contribution in [0.1, 0.15) is 55.3 Å². The molecule has 0 aliphatic carbocycles. The second-order valence-electron chi connectivity index (χ2n) is 9.30. The molecule has 2 aliphatic heterocycles. The van der Waals surface area contributed by atoms with Gasteiger partial charge in [0.25, 0.3) is 0 Å². The molecule has 0 spiro atoms. The molecule has 6 heteroatoms. The maximum absolute atomic E-state index is 12.9. The summed E-state index contributed by atoms with van der Waals surface area (Å²) < 4.78 is 2.24. The van der Waals surface area contributed by atoms with Gasteiger partial charge in [0.15, 0.2) is 0 Å². The first-order valence-electron chi connectivity index (χ1n) is 12.0. The summed E-state index contributed by atoms with van der Waals surface area (Å²) in [6.45, 7) is 6.72. The number of aryl methyl sites for hydroxylation is 1. The Labute approximate surface area is 200 Å². The molecule has 1 amide bonds. The SMILES string of the molecule is Cc1cc(Cl)ccc1[C@@H](C)n1cnc2ccc(C3=CCN(C(=O)C4CCCCN4)CC3)cc21. The van der Waals surface area contributed by atoms with E-state index in [0.29, 0.717) is 6.54 Å². The molecule has 5 rings (SSSR count). The Balaban J connectivity index is 1.37. The molecule has 33 heavy (non-hydrogen) atoms. The summed E-state index contributed by atoms with van der Waals surface area (Å²) >= 11 is 6.17. The van der Waals surface area contributed by atoms with E-state index < -0.39 is 0 Å². The summed E-state index contributed by atoms with van der Waals surface area (Å²) in [5.74, 6) is 0.255. The Hall–Kier alpha value is -2.63. The van der Waals surface area contributed by atoms with Gasteiger partial charge in [-0.25, -0.2) is 4.98 Å². The average Bonchev–Trinajstić information content (AvgIpc) is 3.27. The largest absolute Gasteiger partial charge is 0.337 e. The van der Waals surface area contributed by atoms with Crippen molar-refractivity contribution in [3.63, 3.8) is 0 Å². The Bertz CT molecular complexity index is 1210. The summed E-state index contributed by atoms with van der Waals surface area (Å²) in [5, 5.41) is 4.15. The first-order chi connectivity index (χ1) is 16.0. The van der Waals surface area contributed by atoms with Gasteiger partial charge < -0.3 is 14.8 Å². The van der Waals surface area contributed by atoms with Crippen molar-refractivity contribution >= 4 is 34.1 Å². The van der Waals surface area contributed by atoms with Crippen LogP contribution in [0, 0.1) is 6.92 Å². The number of amides is 1. The highest BCUT2D eigenvalue weighted by Crippen LogP contribution is 2.30. The van der Waals surface area contributed by atoms with E-state index in [1.807, 2.05) is 23.4 Å². The van der Waals surface area contributed by atoms with E-state index in [4.69, 9.17) is 11.6 Å². The molecule has 1 aromatic heterocycles. The van der Waals surface area contributed by atoms with Crippen LogP contribution in [-0.2, 0) is 4.79 Å². The highest BCUT2D eigenvalue weighted by molar-refractivity contribution is 6.30. The van der Waals surface area contributed by atoms with Gasteiger partial charge in [-0.05, 0) is 86.2 Å². The number of piperidine rings is 1. The zero-order chi connectivity index (χ0) is 22.9. The van der Waals surface area contributed by atoms with Crippen LogP contribution in [0.15, 0.2) is 48.8 Å². The van der Waals surface area contributed by atoms with E-state index in [1.54, 1.807) is 0 Å². The number of halogens is 1. The minimum Gasteiger partial charge on any atom is -0.337 e. The van der Waals surface area contributed by atoms with Gasteiger partial charge in [-0.1, -0.05) is 36.2 Å². The molecule has 2 aliphatic rings.